The molecule has 23 heavy (non-hydrogen) atoms. The first-order valence-electron chi connectivity index (χ1n) is 8.13. The fourth-order valence-electron chi connectivity index (χ4n) is 3.07. The van der Waals surface area contributed by atoms with Gasteiger partial charge in [-0.25, -0.2) is 18.4 Å². The third kappa shape index (κ3) is 4.19. The van der Waals surface area contributed by atoms with Gasteiger partial charge in [-0.3, -0.25) is 4.79 Å². The van der Waals surface area contributed by atoms with E-state index in [0.29, 0.717) is 18.1 Å². The monoisotopic (exact) mass is 338 g/mol. The summed E-state index contributed by atoms with van der Waals surface area (Å²) in [4.78, 5) is 23.1. The smallest absolute Gasteiger partial charge is 0.270 e. The highest BCUT2D eigenvalue weighted by atomic mass is 32.2. The van der Waals surface area contributed by atoms with Crippen LogP contribution in [0.2, 0.25) is 0 Å². The lowest BCUT2D eigenvalue weighted by Gasteiger charge is -2.20. The number of rotatable bonds is 3. The molecule has 126 valence electrons. The molecule has 0 saturated carbocycles. The normalized spacial score (nSPS) is 24.2. The Kier molecular flexibility index (Phi) is 4.79. The zero-order valence-corrected chi connectivity index (χ0v) is 13.9. The summed E-state index contributed by atoms with van der Waals surface area (Å²) in [7, 11) is -3.01. The van der Waals surface area contributed by atoms with Crippen molar-refractivity contribution in [3.05, 3.63) is 18.0 Å². The molecular weight excluding hydrogens is 316 g/mol. The molecule has 1 aromatic heterocycles. The van der Waals surface area contributed by atoms with Gasteiger partial charge in [0.1, 0.15) is 5.69 Å². The van der Waals surface area contributed by atoms with Gasteiger partial charge in [-0.2, -0.15) is 0 Å². The highest BCUT2D eigenvalue weighted by molar-refractivity contribution is 7.91. The predicted octanol–water partition coefficient (Wildman–Crippen LogP) is 0.774. The molecule has 2 aliphatic rings. The average Bonchev–Trinajstić information content (AvgIpc) is 2.75. The van der Waals surface area contributed by atoms with Crippen molar-refractivity contribution < 1.29 is 13.2 Å². The Morgan fingerprint density at radius 3 is 2.61 bits per heavy atom. The number of sulfone groups is 1. The molecule has 3 rings (SSSR count). The van der Waals surface area contributed by atoms with Gasteiger partial charge in [-0.1, -0.05) is 12.8 Å². The molecule has 1 atom stereocenters. The molecule has 1 unspecified atom stereocenters. The molecule has 2 aliphatic heterocycles. The zero-order valence-electron chi connectivity index (χ0n) is 13.1. The first-order chi connectivity index (χ1) is 11.0. The molecule has 0 aromatic carbocycles. The number of amides is 1. The van der Waals surface area contributed by atoms with E-state index in [9.17, 15) is 13.2 Å². The van der Waals surface area contributed by atoms with Gasteiger partial charge >= 0.3 is 0 Å². The Balaban J connectivity index is 1.68. The van der Waals surface area contributed by atoms with Crippen LogP contribution in [0.1, 0.15) is 42.6 Å². The van der Waals surface area contributed by atoms with Crippen LogP contribution in [0.4, 0.5) is 5.95 Å². The Labute approximate surface area is 136 Å². The van der Waals surface area contributed by atoms with Crippen molar-refractivity contribution in [3.8, 4) is 0 Å². The summed E-state index contributed by atoms with van der Waals surface area (Å²) in [5.41, 5.74) is 0.295. The maximum Gasteiger partial charge on any atom is 0.270 e. The zero-order chi connectivity index (χ0) is 16.3. The van der Waals surface area contributed by atoms with Crippen LogP contribution in [-0.2, 0) is 9.84 Å². The Bertz CT molecular complexity index is 669. The van der Waals surface area contributed by atoms with Crippen molar-refractivity contribution in [2.24, 2.45) is 0 Å². The largest absolute Gasteiger partial charge is 0.347 e. The van der Waals surface area contributed by atoms with Crippen molar-refractivity contribution in [1.82, 2.24) is 15.3 Å². The van der Waals surface area contributed by atoms with E-state index >= 15 is 0 Å². The van der Waals surface area contributed by atoms with E-state index in [-0.39, 0.29) is 23.5 Å². The molecular formula is C15H22N4O3S. The maximum atomic E-state index is 12.3. The second kappa shape index (κ2) is 6.82. The van der Waals surface area contributed by atoms with E-state index < -0.39 is 9.84 Å². The van der Waals surface area contributed by atoms with Crippen LogP contribution >= 0.6 is 0 Å². The highest BCUT2D eigenvalue weighted by Crippen LogP contribution is 2.16. The van der Waals surface area contributed by atoms with Crippen LogP contribution in [0.15, 0.2) is 12.3 Å². The summed E-state index contributed by atoms with van der Waals surface area (Å²) in [6, 6.07) is 1.25. The van der Waals surface area contributed by atoms with Crippen molar-refractivity contribution in [2.75, 3.05) is 29.5 Å². The van der Waals surface area contributed by atoms with Crippen LogP contribution in [0.3, 0.4) is 0 Å². The molecule has 3 heterocycles. The molecule has 0 bridgehead atoms. The van der Waals surface area contributed by atoms with E-state index in [0.717, 1.165) is 25.9 Å². The third-order valence-electron chi connectivity index (χ3n) is 4.33. The first-order valence-corrected chi connectivity index (χ1v) is 9.95. The summed E-state index contributed by atoms with van der Waals surface area (Å²) in [6.45, 7) is 1.82. The van der Waals surface area contributed by atoms with Crippen molar-refractivity contribution in [1.29, 1.82) is 0 Å². The summed E-state index contributed by atoms with van der Waals surface area (Å²) in [5.74, 6) is 0.410. The van der Waals surface area contributed by atoms with Crippen LogP contribution in [0.25, 0.3) is 0 Å². The number of hydrogen-bond donors (Lipinski definition) is 1. The Hall–Kier alpha value is -1.70. The number of anilines is 1. The second-order valence-corrected chi connectivity index (χ2v) is 8.45. The van der Waals surface area contributed by atoms with Crippen molar-refractivity contribution >= 4 is 21.7 Å². The van der Waals surface area contributed by atoms with Gasteiger partial charge in [-0.15, -0.1) is 0 Å². The Morgan fingerprint density at radius 1 is 1.22 bits per heavy atom. The molecule has 2 fully saturated rings. The minimum atomic E-state index is -3.01. The van der Waals surface area contributed by atoms with Crippen molar-refractivity contribution in [2.45, 2.75) is 38.1 Å². The lowest BCUT2D eigenvalue weighted by Crippen LogP contribution is -2.36. The van der Waals surface area contributed by atoms with Crippen molar-refractivity contribution in [3.63, 3.8) is 0 Å². The lowest BCUT2D eigenvalue weighted by atomic mass is 10.2. The quantitative estimate of drug-likeness (QED) is 0.875. The molecule has 1 aromatic rings. The van der Waals surface area contributed by atoms with Gasteiger partial charge in [0.2, 0.25) is 5.95 Å². The molecule has 1 N–H and O–H groups in total. The summed E-state index contributed by atoms with van der Waals surface area (Å²) in [5, 5.41) is 2.77. The minimum Gasteiger partial charge on any atom is -0.347 e. The van der Waals surface area contributed by atoms with Gasteiger partial charge in [0, 0.05) is 25.3 Å². The number of carbonyl (C=O) groups excluding carboxylic acids is 1. The van der Waals surface area contributed by atoms with Gasteiger partial charge in [0.15, 0.2) is 9.84 Å². The second-order valence-electron chi connectivity index (χ2n) is 6.22. The highest BCUT2D eigenvalue weighted by Gasteiger charge is 2.29. The topological polar surface area (TPSA) is 92.3 Å². The fourth-order valence-corrected chi connectivity index (χ4v) is 4.74. The summed E-state index contributed by atoms with van der Waals surface area (Å²) >= 11 is 0. The van der Waals surface area contributed by atoms with Gasteiger partial charge in [0.05, 0.1) is 11.5 Å². The van der Waals surface area contributed by atoms with Crippen LogP contribution in [-0.4, -0.2) is 54.9 Å². The molecule has 0 spiro atoms. The Morgan fingerprint density at radius 2 is 1.96 bits per heavy atom. The number of carbonyl (C=O) groups is 1. The average molecular weight is 338 g/mol. The third-order valence-corrected chi connectivity index (χ3v) is 6.10. The lowest BCUT2D eigenvalue weighted by molar-refractivity contribution is 0.0936. The predicted molar refractivity (Wildman–Crippen MR) is 87.2 cm³/mol. The number of nitrogens with zero attached hydrogens (tertiary/aromatic N) is 3. The van der Waals surface area contributed by atoms with Crippen LogP contribution in [0, 0.1) is 0 Å². The fraction of sp³-hybridized carbons (Fsp3) is 0.667. The summed E-state index contributed by atoms with van der Waals surface area (Å²) < 4.78 is 22.9. The van der Waals surface area contributed by atoms with Gasteiger partial charge in [0.25, 0.3) is 5.91 Å². The number of hydrogen-bond acceptors (Lipinski definition) is 6. The molecule has 0 aliphatic carbocycles. The van der Waals surface area contributed by atoms with E-state index in [1.807, 2.05) is 0 Å². The van der Waals surface area contributed by atoms with E-state index in [4.69, 9.17) is 0 Å². The number of nitrogens with one attached hydrogen (secondary N) is 1. The van der Waals surface area contributed by atoms with Gasteiger partial charge < -0.3 is 10.2 Å². The molecule has 8 heteroatoms. The molecule has 0 radical (unpaired) electrons. The minimum absolute atomic E-state index is 0.0167. The SMILES string of the molecule is O=C(NC1CCS(=O)(=O)C1)c1ccnc(N2CCCCCC2)n1. The van der Waals surface area contributed by atoms with E-state index in [1.54, 1.807) is 12.3 Å². The maximum absolute atomic E-state index is 12.3. The van der Waals surface area contributed by atoms with Crippen LogP contribution < -0.4 is 10.2 Å². The van der Waals surface area contributed by atoms with Gasteiger partial charge in [-0.05, 0) is 25.3 Å². The van der Waals surface area contributed by atoms with E-state index in [1.165, 1.54) is 12.8 Å². The van der Waals surface area contributed by atoms with E-state index in [2.05, 4.69) is 20.2 Å². The molecule has 2 saturated heterocycles. The summed E-state index contributed by atoms with van der Waals surface area (Å²) in [6.07, 6.45) is 6.71. The standard InChI is InChI=1S/C15H22N4O3S/c20-14(17-12-6-10-23(21,22)11-12)13-5-7-16-15(18-13)19-8-3-1-2-4-9-19/h5,7,12H,1-4,6,8-11H2,(H,17,20). The molecule has 7 nitrogen and oxygen atoms in total. The first kappa shape index (κ1) is 16.2. The molecule has 1 amide bonds. The number of aromatic nitrogens is 2. The van der Waals surface area contributed by atoms with Crippen LogP contribution in [0.5, 0.6) is 0 Å².